The maximum absolute atomic E-state index is 13.1. The first kappa shape index (κ1) is 21.7. The molecule has 5 bridgehead atoms. The predicted octanol–water partition coefficient (Wildman–Crippen LogP) is 3.08. The van der Waals surface area contributed by atoms with Crippen LogP contribution < -0.4 is 14.8 Å². The van der Waals surface area contributed by atoms with Gasteiger partial charge in [-0.05, 0) is 66.6 Å². The van der Waals surface area contributed by atoms with Crippen molar-refractivity contribution in [1.82, 2.24) is 20.1 Å². The zero-order valence-corrected chi connectivity index (χ0v) is 18.4. The van der Waals surface area contributed by atoms with E-state index in [1.165, 1.54) is 0 Å². The van der Waals surface area contributed by atoms with Crippen molar-refractivity contribution in [2.75, 3.05) is 19.8 Å². The van der Waals surface area contributed by atoms with Crippen LogP contribution >= 0.6 is 0 Å². The molecule has 8 heteroatoms. The van der Waals surface area contributed by atoms with Gasteiger partial charge in [0.2, 0.25) is 0 Å². The lowest BCUT2D eigenvalue weighted by atomic mass is 10.1. The number of benzene rings is 2. The van der Waals surface area contributed by atoms with Gasteiger partial charge in [-0.3, -0.25) is 4.79 Å². The van der Waals surface area contributed by atoms with Crippen molar-refractivity contribution in [2.24, 2.45) is 0 Å². The fraction of sp³-hybridized carbons (Fsp3) is 0.192. The first-order valence-corrected chi connectivity index (χ1v) is 11.1. The molecule has 4 aromatic rings. The van der Waals surface area contributed by atoms with Crippen molar-refractivity contribution in [1.29, 1.82) is 0 Å². The summed E-state index contributed by atoms with van der Waals surface area (Å²) < 4.78 is 13.2. The van der Waals surface area contributed by atoms with Crippen LogP contribution in [-0.4, -0.2) is 51.6 Å². The highest BCUT2D eigenvalue weighted by atomic mass is 16.5. The first-order valence-electron chi connectivity index (χ1n) is 11.1. The van der Waals surface area contributed by atoms with Crippen molar-refractivity contribution < 1.29 is 19.4 Å². The zero-order chi connectivity index (χ0) is 23.3. The lowest BCUT2D eigenvalue weighted by Gasteiger charge is -2.17. The number of aromatic nitrogens is 3. The van der Waals surface area contributed by atoms with Gasteiger partial charge in [0.15, 0.2) is 5.82 Å². The molecule has 0 radical (unpaired) electrons. The number of aliphatic hydroxyl groups is 1. The Morgan fingerprint density at radius 2 is 1.79 bits per heavy atom. The molecule has 6 rings (SSSR count). The van der Waals surface area contributed by atoms with Crippen LogP contribution in [0.3, 0.4) is 0 Å². The van der Waals surface area contributed by atoms with Gasteiger partial charge >= 0.3 is 0 Å². The number of fused-ring (bicyclic) bond motifs is 9. The number of pyridine rings is 1. The number of nitrogens with one attached hydrogen (secondary N) is 1. The van der Waals surface area contributed by atoms with Crippen LogP contribution in [0.2, 0.25) is 0 Å². The van der Waals surface area contributed by atoms with Gasteiger partial charge in [0.05, 0.1) is 23.7 Å². The highest BCUT2D eigenvalue weighted by Crippen LogP contribution is 2.22. The Hall–Kier alpha value is -4.17. The van der Waals surface area contributed by atoms with E-state index in [4.69, 9.17) is 9.47 Å². The summed E-state index contributed by atoms with van der Waals surface area (Å²) in [5.74, 6) is 1.53. The van der Waals surface area contributed by atoms with Gasteiger partial charge in [0, 0.05) is 17.8 Å². The van der Waals surface area contributed by atoms with E-state index in [-0.39, 0.29) is 12.5 Å². The maximum atomic E-state index is 13.1. The minimum absolute atomic E-state index is 0.196. The zero-order valence-electron chi connectivity index (χ0n) is 18.4. The summed E-state index contributed by atoms with van der Waals surface area (Å²) in [6.07, 6.45) is 7.73. The van der Waals surface area contributed by atoms with E-state index in [9.17, 15) is 9.90 Å². The fourth-order valence-electron chi connectivity index (χ4n) is 3.81. The number of rotatable bonds is 1. The van der Waals surface area contributed by atoms with Crippen LogP contribution in [0.4, 0.5) is 0 Å². The molecule has 0 aliphatic carbocycles. The highest BCUT2D eigenvalue weighted by molar-refractivity contribution is 5.97. The lowest BCUT2D eigenvalue weighted by molar-refractivity contribution is 0.0916. The summed E-state index contributed by atoms with van der Waals surface area (Å²) in [5, 5.41) is 18.3. The number of aliphatic hydroxyl groups excluding tert-OH is 1. The second-order valence-electron chi connectivity index (χ2n) is 7.96. The summed E-state index contributed by atoms with van der Waals surface area (Å²) in [5.41, 5.74) is 2.10. The second-order valence-corrected chi connectivity index (χ2v) is 7.96. The SMILES string of the molecule is O=C1N[C@H](CO)Cc2ccc(cc2)OC/C=C\COc2ccc3nn(cc3c2)-c2ncccc21. The molecule has 0 fully saturated rings. The minimum atomic E-state index is -0.458. The van der Waals surface area contributed by atoms with E-state index < -0.39 is 6.04 Å². The van der Waals surface area contributed by atoms with Gasteiger partial charge in [-0.25, -0.2) is 9.67 Å². The first-order chi connectivity index (χ1) is 16.7. The van der Waals surface area contributed by atoms with Gasteiger partial charge in [0.1, 0.15) is 24.7 Å². The van der Waals surface area contributed by atoms with E-state index in [1.807, 2.05) is 60.8 Å². The van der Waals surface area contributed by atoms with Crippen LogP contribution in [0.25, 0.3) is 16.7 Å². The number of nitrogens with zero attached hydrogens (tertiary/aromatic N) is 3. The standard InChI is InChI=1S/C26H24N4O4/c31-17-20-14-18-5-7-21(8-6-18)33-12-1-2-13-34-22-9-10-24-19(15-22)16-30(29-24)25-23(26(32)28-20)4-3-11-27-25/h1-11,15-16,20,31H,12-14,17H2,(H,28,32)/b2-1-/t20-/m0/s1. The third kappa shape index (κ3) is 4.77. The van der Waals surface area contributed by atoms with Crippen LogP contribution in [0.5, 0.6) is 11.5 Å². The molecular formula is C26H24N4O4. The molecule has 0 saturated carbocycles. The molecular weight excluding hydrogens is 432 g/mol. The second kappa shape index (κ2) is 9.76. The molecule has 172 valence electrons. The van der Waals surface area contributed by atoms with E-state index in [2.05, 4.69) is 15.4 Å². The Kier molecular flexibility index (Phi) is 6.22. The summed E-state index contributed by atoms with van der Waals surface area (Å²) in [7, 11) is 0. The summed E-state index contributed by atoms with van der Waals surface area (Å²) >= 11 is 0. The molecule has 0 saturated heterocycles. The number of carbonyl (C=O) groups is 1. The molecule has 2 aromatic carbocycles. The van der Waals surface area contributed by atoms with Crippen LogP contribution in [0, 0.1) is 0 Å². The third-order valence-corrected chi connectivity index (χ3v) is 5.54. The molecule has 2 aliphatic rings. The molecule has 4 heterocycles. The average molecular weight is 457 g/mol. The number of hydrogen-bond donors (Lipinski definition) is 2. The van der Waals surface area contributed by atoms with Gasteiger partial charge < -0.3 is 19.9 Å². The topological polar surface area (TPSA) is 98.5 Å². The maximum Gasteiger partial charge on any atom is 0.255 e. The molecule has 34 heavy (non-hydrogen) atoms. The largest absolute Gasteiger partial charge is 0.490 e. The quantitative estimate of drug-likeness (QED) is 0.427. The van der Waals surface area contributed by atoms with Gasteiger partial charge in [-0.1, -0.05) is 12.1 Å². The number of carbonyl (C=O) groups excluding carboxylic acids is 1. The fourth-order valence-corrected chi connectivity index (χ4v) is 3.81. The Bertz CT molecular complexity index is 1330. The Morgan fingerprint density at radius 3 is 2.59 bits per heavy atom. The van der Waals surface area contributed by atoms with E-state index in [1.54, 1.807) is 23.0 Å². The van der Waals surface area contributed by atoms with Gasteiger partial charge in [0.25, 0.3) is 5.91 Å². The van der Waals surface area contributed by atoms with Crippen molar-refractivity contribution in [2.45, 2.75) is 12.5 Å². The van der Waals surface area contributed by atoms with Crippen molar-refractivity contribution in [3.63, 3.8) is 0 Å². The molecule has 0 unspecified atom stereocenters. The Labute approximate surface area is 196 Å². The summed E-state index contributed by atoms with van der Waals surface area (Å²) in [6, 6.07) is 16.2. The lowest BCUT2D eigenvalue weighted by Crippen LogP contribution is -2.39. The van der Waals surface area contributed by atoms with Gasteiger partial charge in [-0.15, -0.1) is 0 Å². The molecule has 1 amide bonds. The van der Waals surface area contributed by atoms with Crippen molar-refractivity contribution >= 4 is 16.8 Å². The van der Waals surface area contributed by atoms with Crippen LogP contribution in [0.15, 0.2) is 79.1 Å². The Balaban J connectivity index is 1.51. The normalized spacial score (nSPS) is 17.4. The highest BCUT2D eigenvalue weighted by Gasteiger charge is 2.19. The Morgan fingerprint density at radius 1 is 1.03 bits per heavy atom. The van der Waals surface area contributed by atoms with E-state index in [0.717, 1.165) is 22.2 Å². The smallest absolute Gasteiger partial charge is 0.255 e. The average Bonchev–Trinajstić information content (AvgIpc) is 3.29. The summed E-state index contributed by atoms with van der Waals surface area (Å²) in [4.78, 5) is 17.6. The van der Waals surface area contributed by atoms with E-state index in [0.29, 0.717) is 36.8 Å². The molecule has 2 N–H and O–H groups in total. The van der Waals surface area contributed by atoms with E-state index >= 15 is 0 Å². The van der Waals surface area contributed by atoms with Crippen molar-refractivity contribution in [3.8, 4) is 17.3 Å². The van der Waals surface area contributed by atoms with Crippen molar-refractivity contribution in [3.05, 3.63) is 90.3 Å². The molecule has 2 aromatic heterocycles. The number of amides is 1. The monoisotopic (exact) mass is 456 g/mol. The predicted molar refractivity (Wildman–Crippen MR) is 127 cm³/mol. The minimum Gasteiger partial charge on any atom is -0.490 e. The number of hydrogen-bond acceptors (Lipinski definition) is 6. The van der Waals surface area contributed by atoms with Crippen LogP contribution in [0.1, 0.15) is 15.9 Å². The molecule has 2 aliphatic heterocycles. The van der Waals surface area contributed by atoms with Crippen LogP contribution in [-0.2, 0) is 6.42 Å². The molecule has 1 atom stereocenters. The molecule has 0 spiro atoms. The summed E-state index contributed by atoms with van der Waals surface area (Å²) in [6.45, 7) is 0.642. The third-order valence-electron chi connectivity index (χ3n) is 5.54. The molecule has 8 nitrogen and oxygen atoms in total. The number of ether oxygens (including phenoxy) is 2. The van der Waals surface area contributed by atoms with Gasteiger partial charge in [-0.2, -0.15) is 5.10 Å².